The maximum atomic E-state index is 13.7. The molecule has 10 heteroatoms. The number of hydrogen-bond acceptors (Lipinski definition) is 5. The summed E-state index contributed by atoms with van der Waals surface area (Å²) in [6.07, 6.45) is 0. The van der Waals surface area contributed by atoms with Gasteiger partial charge in [0.2, 0.25) is 5.95 Å². The molecule has 9 nitrogen and oxygen atoms in total. The van der Waals surface area contributed by atoms with Gasteiger partial charge in [-0.25, -0.2) is 9.18 Å². The van der Waals surface area contributed by atoms with Gasteiger partial charge in [-0.15, -0.1) is 0 Å². The smallest absolute Gasteiger partial charge is 0.332 e. The van der Waals surface area contributed by atoms with E-state index in [1.54, 1.807) is 23.7 Å². The van der Waals surface area contributed by atoms with Crippen LogP contribution >= 0.6 is 0 Å². The Bertz CT molecular complexity index is 1180. The fourth-order valence-electron chi connectivity index (χ4n) is 3.81. The highest BCUT2D eigenvalue weighted by molar-refractivity contribution is 5.74. The van der Waals surface area contributed by atoms with Crippen LogP contribution in [-0.2, 0) is 25.4 Å². The molecular weight excluding hydrogens is 391 g/mol. The topological polar surface area (TPSA) is 87.5 Å². The number of quaternary nitrogens is 1. The number of aryl methyl sites for hydroxylation is 1. The molecule has 0 aliphatic carbocycles. The van der Waals surface area contributed by atoms with Crippen molar-refractivity contribution in [2.45, 2.75) is 6.54 Å². The number of benzene rings is 1. The SMILES string of the molecule is Cn1c(=O)c2c(nc(NCC[NH+]3CCOCC3)n2Cc2cccc(F)c2)n(C)c1=O. The molecule has 0 amide bonds. The number of hydrogen-bond donors (Lipinski definition) is 2. The summed E-state index contributed by atoms with van der Waals surface area (Å²) >= 11 is 0. The molecule has 0 bridgehead atoms. The maximum Gasteiger partial charge on any atom is 0.332 e. The van der Waals surface area contributed by atoms with Crippen molar-refractivity contribution in [1.82, 2.24) is 18.7 Å². The van der Waals surface area contributed by atoms with E-state index < -0.39 is 11.2 Å². The first-order valence-electron chi connectivity index (χ1n) is 10.0. The number of rotatable bonds is 6. The lowest BCUT2D eigenvalue weighted by Gasteiger charge is -2.23. The van der Waals surface area contributed by atoms with Gasteiger partial charge < -0.3 is 15.0 Å². The molecule has 2 aromatic heterocycles. The van der Waals surface area contributed by atoms with Gasteiger partial charge in [0.25, 0.3) is 5.56 Å². The minimum atomic E-state index is -0.438. The molecule has 0 saturated carbocycles. The highest BCUT2D eigenvalue weighted by Gasteiger charge is 2.20. The van der Waals surface area contributed by atoms with Gasteiger partial charge in [0.05, 0.1) is 32.8 Å². The van der Waals surface area contributed by atoms with Gasteiger partial charge in [0.1, 0.15) is 18.9 Å². The predicted octanol–water partition coefficient (Wildman–Crippen LogP) is -1.05. The Kier molecular flexibility index (Phi) is 5.69. The number of ether oxygens (including phenoxy) is 1. The second kappa shape index (κ2) is 8.41. The molecule has 0 unspecified atom stereocenters. The number of halogens is 1. The van der Waals surface area contributed by atoms with Crippen LogP contribution in [0.4, 0.5) is 10.3 Å². The Balaban J connectivity index is 1.72. The van der Waals surface area contributed by atoms with Gasteiger partial charge in [-0.2, -0.15) is 4.98 Å². The quantitative estimate of drug-likeness (QED) is 0.535. The van der Waals surface area contributed by atoms with Crippen LogP contribution in [0.15, 0.2) is 33.9 Å². The van der Waals surface area contributed by atoms with Crippen molar-refractivity contribution < 1.29 is 14.0 Å². The van der Waals surface area contributed by atoms with Crippen molar-refractivity contribution in [2.24, 2.45) is 14.1 Å². The third-order valence-electron chi connectivity index (χ3n) is 5.54. The number of fused-ring (bicyclic) bond motifs is 1. The number of nitrogens with zero attached hydrogens (tertiary/aromatic N) is 4. The van der Waals surface area contributed by atoms with Crippen LogP contribution < -0.4 is 21.5 Å². The highest BCUT2D eigenvalue weighted by Crippen LogP contribution is 2.18. The normalized spacial score (nSPS) is 15.0. The molecule has 1 aromatic carbocycles. The number of nitrogens with one attached hydrogen (secondary N) is 2. The van der Waals surface area contributed by atoms with Gasteiger partial charge in [-0.3, -0.25) is 18.5 Å². The molecule has 1 aliphatic rings. The molecule has 0 radical (unpaired) electrons. The van der Waals surface area contributed by atoms with E-state index in [2.05, 4.69) is 10.3 Å². The second-order valence-corrected chi connectivity index (χ2v) is 7.57. The van der Waals surface area contributed by atoms with E-state index in [0.29, 0.717) is 29.2 Å². The minimum absolute atomic E-state index is 0.258. The van der Waals surface area contributed by atoms with Gasteiger partial charge in [-0.1, -0.05) is 12.1 Å². The van der Waals surface area contributed by atoms with E-state index in [1.807, 2.05) is 0 Å². The molecule has 3 heterocycles. The lowest BCUT2D eigenvalue weighted by atomic mass is 10.2. The van der Waals surface area contributed by atoms with Gasteiger partial charge >= 0.3 is 5.69 Å². The minimum Gasteiger partial charge on any atom is -0.370 e. The third kappa shape index (κ3) is 3.88. The first kappa shape index (κ1) is 20.3. The standard InChI is InChI=1S/C20H25FN6O3/c1-24-17-16(18(28)25(2)20(24)29)27(13-14-4-3-5-15(21)12-14)19(23-17)22-6-7-26-8-10-30-11-9-26/h3-5,12H,6-11,13H2,1-2H3,(H,22,23)/p+1. The monoisotopic (exact) mass is 417 g/mol. The zero-order chi connectivity index (χ0) is 21.3. The summed E-state index contributed by atoms with van der Waals surface area (Å²) in [4.78, 5) is 31.2. The van der Waals surface area contributed by atoms with Crippen LogP contribution in [0.25, 0.3) is 11.2 Å². The molecule has 0 spiro atoms. The van der Waals surface area contributed by atoms with Crippen LogP contribution in [0.3, 0.4) is 0 Å². The summed E-state index contributed by atoms with van der Waals surface area (Å²) in [6, 6.07) is 6.23. The van der Waals surface area contributed by atoms with Crippen LogP contribution in [0.5, 0.6) is 0 Å². The van der Waals surface area contributed by atoms with Crippen molar-refractivity contribution in [3.05, 3.63) is 56.5 Å². The lowest BCUT2D eigenvalue weighted by molar-refractivity contribution is -0.906. The van der Waals surface area contributed by atoms with E-state index in [9.17, 15) is 14.0 Å². The molecule has 1 saturated heterocycles. The molecule has 1 aliphatic heterocycles. The molecule has 3 aromatic rings. The van der Waals surface area contributed by atoms with Crippen molar-refractivity contribution >= 4 is 17.1 Å². The number of morpholine rings is 1. The second-order valence-electron chi connectivity index (χ2n) is 7.57. The summed E-state index contributed by atoms with van der Waals surface area (Å²) < 4.78 is 23.2. The summed E-state index contributed by atoms with van der Waals surface area (Å²) in [5.74, 6) is 0.142. The Morgan fingerprint density at radius 3 is 2.70 bits per heavy atom. The van der Waals surface area contributed by atoms with E-state index >= 15 is 0 Å². The van der Waals surface area contributed by atoms with Crippen molar-refractivity contribution in [1.29, 1.82) is 0 Å². The number of imidazole rings is 1. The summed E-state index contributed by atoms with van der Waals surface area (Å²) in [6.45, 7) is 5.21. The Hall–Kier alpha value is -2.98. The van der Waals surface area contributed by atoms with Crippen molar-refractivity contribution in [2.75, 3.05) is 44.7 Å². The van der Waals surface area contributed by atoms with Crippen LogP contribution in [0.2, 0.25) is 0 Å². The van der Waals surface area contributed by atoms with E-state index in [0.717, 1.165) is 37.4 Å². The molecule has 30 heavy (non-hydrogen) atoms. The fourth-order valence-corrected chi connectivity index (χ4v) is 3.81. The molecule has 2 N–H and O–H groups in total. The van der Waals surface area contributed by atoms with Gasteiger partial charge in [-0.05, 0) is 17.7 Å². The van der Waals surface area contributed by atoms with Crippen LogP contribution in [0, 0.1) is 5.82 Å². The van der Waals surface area contributed by atoms with E-state index in [1.165, 1.54) is 28.6 Å². The first-order valence-corrected chi connectivity index (χ1v) is 10.0. The Morgan fingerprint density at radius 1 is 1.20 bits per heavy atom. The average Bonchev–Trinajstić information content (AvgIpc) is 3.10. The molecule has 1 fully saturated rings. The van der Waals surface area contributed by atoms with Crippen LogP contribution in [0.1, 0.15) is 5.56 Å². The largest absolute Gasteiger partial charge is 0.370 e. The average molecular weight is 417 g/mol. The van der Waals surface area contributed by atoms with Crippen LogP contribution in [-0.4, -0.2) is 58.1 Å². The highest BCUT2D eigenvalue weighted by atomic mass is 19.1. The van der Waals surface area contributed by atoms with Crippen molar-refractivity contribution in [3.63, 3.8) is 0 Å². The summed E-state index contributed by atoms with van der Waals surface area (Å²) in [5, 5.41) is 3.31. The Morgan fingerprint density at radius 2 is 1.97 bits per heavy atom. The molecule has 160 valence electrons. The van der Waals surface area contributed by atoms with Gasteiger partial charge in [0, 0.05) is 14.1 Å². The molecular formula is C20H26FN6O3+. The first-order chi connectivity index (χ1) is 14.5. The fraction of sp³-hybridized carbons (Fsp3) is 0.450. The number of aromatic nitrogens is 4. The maximum absolute atomic E-state index is 13.7. The Labute approximate surface area is 172 Å². The summed E-state index contributed by atoms with van der Waals surface area (Å²) in [7, 11) is 3.03. The summed E-state index contributed by atoms with van der Waals surface area (Å²) in [5.41, 5.74) is 0.453. The van der Waals surface area contributed by atoms with E-state index in [4.69, 9.17) is 4.74 Å². The third-order valence-corrected chi connectivity index (χ3v) is 5.54. The van der Waals surface area contributed by atoms with Crippen molar-refractivity contribution in [3.8, 4) is 0 Å². The molecule has 0 atom stereocenters. The zero-order valence-corrected chi connectivity index (χ0v) is 17.2. The lowest BCUT2D eigenvalue weighted by Crippen LogP contribution is -3.14. The predicted molar refractivity (Wildman–Crippen MR) is 111 cm³/mol. The molecule has 4 rings (SSSR count). The van der Waals surface area contributed by atoms with E-state index in [-0.39, 0.29) is 12.4 Å². The zero-order valence-electron chi connectivity index (χ0n) is 17.2. The van der Waals surface area contributed by atoms with Gasteiger partial charge in [0.15, 0.2) is 11.2 Å². The number of anilines is 1.